The van der Waals surface area contributed by atoms with Crippen LogP contribution in [-0.2, 0) is 6.42 Å². The Hall–Kier alpha value is -1.03. The molecule has 1 aliphatic rings. The van der Waals surface area contributed by atoms with Gasteiger partial charge >= 0.3 is 0 Å². The van der Waals surface area contributed by atoms with Crippen molar-refractivity contribution in [2.45, 2.75) is 12.5 Å². The fourth-order valence-corrected chi connectivity index (χ4v) is 3.29. The zero-order valence-corrected chi connectivity index (χ0v) is 13.4. The average molecular weight is 352 g/mol. The molecule has 1 unspecified atom stereocenters. The summed E-state index contributed by atoms with van der Waals surface area (Å²) in [5.41, 5.74) is 9.89. The van der Waals surface area contributed by atoms with Crippen molar-refractivity contribution in [2.24, 2.45) is 5.73 Å². The Balaban J connectivity index is 1.97. The number of nitrogens with two attached hydrogens (primary N) is 1. The van der Waals surface area contributed by atoms with E-state index in [4.69, 9.17) is 17.3 Å². The summed E-state index contributed by atoms with van der Waals surface area (Å²) in [6.07, 6.45) is 1.08. The number of para-hydroxylation sites is 1. The molecule has 1 aliphatic heterocycles. The van der Waals surface area contributed by atoms with Gasteiger partial charge in [0.05, 0.1) is 11.1 Å². The van der Waals surface area contributed by atoms with Gasteiger partial charge in [-0.2, -0.15) is 0 Å². The molecule has 2 aromatic rings. The highest BCUT2D eigenvalue weighted by Crippen LogP contribution is 2.36. The minimum absolute atomic E-state index is 0.171. The van der Waals surface area contributed by atoms with Gasteiger partial charge in [0.2, 0.25) is 0 Å². The molecule has 2 aromatic carbocycles. The van der Waals surface area contributed by atoms with Gasteiger partial charge in [0, 0.05) is 23.2 Å². The lowest BCUT2D eigenvalue weighted by molar-refractivity contribution is 0.649. The summed E-state index contributed by atoms with van der Waals surface area (Å²) in [7, 11) is 0. The molecule has 0 aromatic heterocycles. The number of hydrogen-bond donors (Lipinski definition) is 1. The highest BCUT2D eigenvalue weighted by atomic mass is 79.9. The standard InChI is InChI=1S/C16H16BrClN2/c17-13-6-5-12(9-14(13)18)16(10-19)20-8-7-11-3-1-2-4-15(11)20/h1-6,9,16H,7-8,10,19H2. The third-order valence-corrected chi connectivity index (χ3v) is 5.08. The molecule has 0 amide bonds. The van der Waals surface area contributed by atoms with Crippen LogP contribution in [0.1, 0.15) is 17.2 Å². The summed E-state index contributed by atoms with van der Waals surface area (Å²) in [6.45, 7) is 1.58. The molecule has 0 spiro atoms. The number of fused-ring (bicyclic) bond motifs is 1. The molecule has 4 heteroatoms. The van der Waals surface area contributed by atoms with Gasteiger partial charge in [-0.05, 0) is 51.7 Å². The summed E-state index contributed by atoms with van der Waals surface area (Å²) in [5.74, 6) is 0. The quantitative estimate of drug-likeness (QED) is 0.899. The van der Waals surface area contributed by atoms with Gasteiger partial charge in [0.25, 0.3) is 0 Å². The van der Waals surface area contributed by atoms with Crippen molar-refractivity contribution in [2.75, 3.05) is 18.0 Å². The first-order valence-electron chi connectivity index (χ1n) is 6.70. The summed E-state index contributed by atoms with van der Waals surface area (Å²) < 4.78 is 0.917. The van der Waals surface area contributed by atoms with Crippen molar-refractivity contribution in [3.8, 4) is 0 Å². The molecule has 2 nitrogen and oxygen atoms in total. The molecule has 0 saturated heterocycles. The molecule has 0 bridgehead atoms. The van der Waals surface area contributed by atoms with Crippen LogP contribution in [0.4, 0.5) is 5.69 Å². The molecule has 1 heterocycles. The monoisotopic (exact) mass is 350 g/mol. The maximum absolute atomic E-state index is 6.22. The van der Waals surface area contributed by atoms with E-state index in [9.17, 15) is 0 Å². The lowest BCUT2D eigenvalue weighted by Crippen LogP contribution is -2.32. The second-order valence-electron chi connectivity index (χ2n) is 5.00. The van der Waals surface area contributed by atoms with Gasteiger partial charge in [-0.3, -0.25) is 0 Å². The summed E-state index contributed by atoms with van der Waals surface area (Å²) >= 11 is 9.65. The summed E-state index contributed by atoms with van der Waals surface area (Å²) in [6, 6.07) is 14.8. The fraction of sp³-hybridized carbons (Fsp3) is 0.250. The summed E-state index contributed by atoms with van der Waals surface area (Å²) in [4.78, 5) is 2.38. The number of rotatable bonds is 3. The number of halogens is 2. The first kappa shape index (κ1) is 13.9. The van der Waals surface area contributed by atoms with Crippen molar-refractivity contribution in [1.29, 1.82) is 0 Å². The Morgan fingerprint density at radius 1 is 1.25 bits per heavy atom. The maximum Gasteiger partial charge on any atom is 0.0665 e. The largest absolute Gasteiger partial charge is 0.363 e. The normalized spacial score (nSPS) is 15.2. The van der Waals surface area contributed by atoms with Crippen molar-refractivity contribution < 1.29 is 0 Å². The smallest absolute Gasteiger partial charge is 0.0665 e. The SMILES string of the molecule is NCC(c1ccc(Br)c(Cl)c1)N1CCc2ccccc21. The molecule has 0 aliphatic carbocycles. The summed E-state index contributed by atoms with van der Waals surface area (Å²) in [5, 5.41) is 0.730. The van der Waals surface area contributed by atoms with E-state index >= 15 is 0 Å². The molecule has 1 atom stereocenters. The Kier molecular flexibility index (Phi) is 4.01. The van der Waals surface area contributed by atoms with Crippen molar-refractivity contribution in [3.63, 3.8) is 0 Å². The lowest BCUT2D eigenvalue weighted by atomic mass is 10.1. The van der Waals surface area contributed by atoms with Gasteiger partial charge in [-0.15, -0.1) is 0 Å². The minimum atomic E-state index is 0.171. The number of anilines is 1. The number of hydrogen-bond acceptors (Lipinski definition) is 2. The van der Waals surface area contributed by atoms with Crippen LogP contribution in [0.25, 0.3) is 0 Å². The Bertz CT molecular complexity index is 630. The van der Waals surface area contributed by atoms with E-state index in [0.717, 1.165) is 28.0 Å². The van der Waals surface area contributed by atoms with Crippen LogP contribution in [-0.4, -0.2) is 13.1 Å². The maximum atomic E-state index is 6.22. The van der Waals surface area contributed by atoms with Crippen LogP contribution < -0.4 is 10.6 Å². The van der Waals surface area contributed by atoms with E-state index in [-0.39, 0.29) is 6.04 Å². The first-order chi connectivity index (χ1) is 9.70. The zero-order valence-electron chi connectivity index (χ0n) is 11.0. The van der Waals surface area contributed by atoms with E-state index in [1.54, 1.807) is 0 Å². The van der Waals surface area contributed by atoms with E-state index in [0.29, 0.717) is 6.54 Å². The first-order valence-corrected chi connectivity index (χ1v) is 7.87. The predicted molar refractivity (Wildman–Crippen MR) is 88.4 cm³/mol. The van der Waals surface area contributed by atoms with Gasteiger partial charge in [0.1, 0.15) is 0 Å². The molecular weight excluding hydrogens is 336 g/mol. The van der Waals surface area contributed by atoms with Crippen molar-refractivity contribution in [3.05, 3.63) is 63.1 Å². The van der Waals surface area contributed by atoms with Crippen LogP contribution in [0.2, 0.25) is 5.02 Å². The Labute approximate surface area is 132 Å². The van der Waals surface area contributed by atoms with Gasteiger partial charge in [-0.25, -0.2) is 0 Å². The highest BCUT2D eigenvalue weighted by molar-refractivity contribution is 9.10. The van der Waals surface area contributed by atoms with Gasteiger partial charge in [-0.1, -0.05) is 35.9 Å². The molecule has 104 valence electrons. The minimum Gasteiger partial charge on any atom is -0.363 e. The van der Waals surface area contributed by atoms with E-state index in [2.05, 4.69) is 51.2 Å². The Morgan fingerprint density at radius 3 is 2.80 bits per heavy atom. The van der Waals surface area contributed by atoms with E-state index < -0.39 is 0 Å². The van der Waals surface area contributed by atoms with Gasteiger partial charge in [0.15, 0.2) is 0 Å². The average Bonchev–Trinajstić information content (AvgIpc) is 2.88. The molecule has 2 N–H and O–H groups in total. The fourth-order valence-electron chi connectivity index (χ4n) is 2.85. The highest BCUT2D eigenvalue weighted by Gasteiger charge is 2.26. The van der Waals surface area contributed by atoms with Gasteiger partial charge < -0.3 is 10.6 Å². The van der Waals surface area contributed by atoms with Crippen LogP contribution in [0, 0.1) is 0 Å². The zero-order chi connectivity index (χ0) is 14.1. The van der Waals surface area contributed by atoms with E-state index in [1.165, 1.54) is 11.3 Å². The second kappa shape index (κ2) is 5.76. The van der Waals surface area contributed by atoms with Crippen LogP contribution in [0.3, 0.4) is 0 Å². The molecule has 3 rings (SSSR count). The number of benzene rings is 2. The van der Waals surface area contributed by atoms with Crippen molar-refractivity contribution >= 4 is 33.2 Å². The molecule has 0 radical (unpaired) electrons. The molecule has 0 fully saturated rings. The third kappa shape index (κ3) is 2.46. The van der Waals surface area contributed by atoms with Crippen LogP contribution in [0.15, 0.2) is 46.9 Å². The second-order valence-corrected chi connectivity index (χ2v) is 6.26. The Morgan fingerprint density at radius 2 is 2.05 bits per heavy atom. The van der Waals surface area contributed by atoms with E-state index in [1.807, 2.05) is 12.1 Å². The lowest BCUT2D eigenvalue weighted by Gasteiger charge is -2.30. The topological polar surface area (TPSA) is 29.3 Å². The van der Waals surface area contributed by atoms with Crippen LogP contribution >= 0.6 is 27.5 Å². The van der Waals surface area contributed by atoms with Crippen molar-refractivity contribution in [1.82, 2.24) is 0 Å². The molecule has 0 saturated carbocycles. The number of nitrogens with zero attached hydrogens (tertiary/aromatic N) is 1. The van der Waals surface area contributed by atoms with Crippen LogP contribution in [0.5, 0.6) is 0 Å². The predicted octanol–water partition coefficient (Wildman–Crippen LogP) is 4.17. The molecule has 20 heavy (non-hydrogen) atoms. The third-order valence-electron chi connectivity index (χ3n) is 3.85. The molecular formula is C16H16BrClN2.